The molecule has 8 atom stereocenters. The average molecular weight is 877 g/mol. The third kappa shape index (κ3) is 8.23. The average Bonchev–Trinajstić information content (AvgIpc) is 4.12. The minimum atomic E-state index is -1.14. The van der Waals surface area contributed by atoms with Crippen LogP contribution < -0.4 is 10.1 Å². The predicted molar refractivity (Wildman–Crippen MR) is 241 cm³/mol. The number of methoxy groups -OCH3 is 2. The van der Waals surface area contributed by atoms with Crippen LogP contribution >= 0.6 is 0 Å². The van der Waals surface area contributed by atoms with Gasteiger partial charge in [0.25, 0.3) is 0 Å². The third-order valence-electron chi connectivity index (χ3n) is 13.9. The lowest BCUT2D eigenvalue weighted by atomic mass is 9.92. The Morgan fingerprint density at radius 3 is 2.41 bits per heavy atom. The molecule has 2 fully saturated rings. The van der Waals surface area contributed by atoms with Crippen molar-refractivity contribution in [1.29, 1.82) is 0 Å². The van der Waals surface area contributed by atoms with Gasteiger partial charge >= 0.3 is 12.2 Å². The third-order valence-corrected chi connectivity index (χ3v) is 13.9. The molecule has 0 aliphatic carbocycles. The molecule has 0 radical (unpaired) electrons. The number of amides is 4. The van der Waals surface area contributed by atoms with Crippen LogP contribution in [0.2, 0.25) is 0 Å². The predicted octanol–water partition coefficient (Wildman–Crippen LogP) is 7.91. The molecular formula is C48H60N8O8. The number of nitrogens with zero attached hydrogens (tertiary/aromatic N) is 5. The Kier molecular flexibility index (Phi) is 12.6. The summed E-state index contributed by atoms with van der Waals surface area (Å²) in [5.74, 6) is 1.80. The maximum atomic E-state index is 14.3. The quantitative estimate of drug-likeness (QED) is 0.0903. The lowest BCUT2D eigenvalue weighted by Crippen LogP contribution is -2.52. The maximum Gasteiger partial charge on any atom is 0.407 e. The molecule has 0 spiro atoms. The first kappa shape index (κ1) is 44.4. The van der Waals surface area contributed by atoms with Crippen LogP contribution in [-0.4, -0.2) is 117 Å². The number of likely N-dealkylation sites (tertiary alicyclic amines) is 2. The second kappa shape index (κ2) is 18.1. The number of alkyl carbamates (subject to hydrolysis) is 1. The van der Waals surface area contributed by atoms with Gasteiger partial charge in [-0.05, 0) is 76.9 Å². The molecule has 4 N–H and O–H groups in total. The molecule has 1 unspecified atom stereocenters. The summed E-state index contributed by atoms with van der Waals surface area (Å²) in [7, 11) is 4.41. The minimum Gasteiger partial charge on any atom is -0.488 e. The van der Waals surface area contributed by atoms with Crippen molar-refractivity contribution in [3.63, 3.8) is 0 Å². The highest BCUT2D eigenvalue weighted by molar-refractivity contribution is 6.07. The molecule has 4 amide bonds. The molecule has 8 rings (SSSR count). The fourth-order valence-corrected chi connectivity index (χ4v) is 9.97. The fourth-order valence-electron chi connectivity index (χ4n) is 9.97. The van der Waals surface area contributed by atoms with E-state index in [-0.39, 0.29) is 47.6 Å². The van der Waals surface area contributed by atoms with Gasteiger partial charge in [-0.2, -0.15) is 0 Å². The van der Waals surface area contributed by atoms with Gasteiger partial charge < -0.3 is 44.4 Å². The zero-order valence-corrected chi connectivity index (χ0v) is 37.9. The standard InChI is InChI=1S/C48H60N8O8/c1-9-26(4)40(53-47(59)63-8)45(57)55-21-25(3)15-37(55)43-49-20-36(51-43)30-11-13-32-31(17-30)24-64-39-19-33-29(18-34(32)39)12-14-35-41(33)52-44(50-35)38-16-28(23-62-7)22-56(38)46(58)42(27(5)10-2)54(6)48(60)61/h11-14,17-20,25-28,37-38,40,42H,9-10,15-16,21-24H2,1-8H3,(H,49,51)(H,50,52)(H,53,59)(H,60,61)/t25-,26+,27+,28-,37-,38-,40-,42?/m0/s1. The molecule has 3 aliphatic rings. The Morgan fingerprint density at radius 1 is 0.938 bits per heavy atom. The number of carboxylic acid groups (broad SMARTS) is 1. The van der Waals surface area contributed by atoms with Crippen molar-refractivity contribution in [1.82, 2.24) is 40.0 Å². The van der Waals surface area contributed by atoms with Gasteiger partial charge in [-0.3, -0.25) is 14.5 Å². The summed E-state index contributed by atoms with van der Waals surface area (Å²) >= 11 is 0. The summed E-state index contributed by atoms with van der Waals surface area (Å²) in [5.41, 5.74) is 6.45. The number of aromatic nitrogens is 4. The minimum absolute atomic E-state index is 0.0655. The lowest BCUT2D eigenvalue weighted by Gasteiger charge is -2.34. The van der Waals surface area contributed by atoms with Gasteiger partial charge in [0.1, 0.15) is 36.1 Å². The summed E-state index contributed by atoms with van der Waals surface area (Å²) in [5, 5.41) is 14.6. The molecule has 0 bridgehead atoms. The molecule has 16 heteroatoms. The van der Waals surface area contributed by atoms with Gasteiger partial charge in [0, 0.05) is 44.1 Å². The first-order chi connectivity index (χ1) is 30.7. The van der Waals surface area contributed by atoms with Gasteiger partial charge in [0.05, 0.1) is 48.7 Å². The molecule has 64 heavy (non-hydrogen) atoms. The number of aromatic amines is 2. The number of likely N-dealkylation sites (N-methyl/N-ethyl adjacent to an activating group) is 1. The van der Waals surface area contributed by atoms with E-state index < -0.39 is 24.3 Å². The Bertz CT molecular complexity index is 2570. The van der Waals surface area contributed by atoms with Crippen molar-refractivity contribution < 1.29 is 38.5 Å². The van der Waals surface area contributed by atoms with Gasteiger partial charge in [-0.1, -0.05) is 65.7 Å². The van der Waals surface area contributed by atoms with Crippen LogP contribution in [0.5, 0.6) is 5.75 Å². The van der Waals surface area contributed by atoms with Crippen LogP contribution in [0.15, 0.2) is 48.7 Å². The highest BCUT2D eigenvalue weighted by Crippen LogP contribution is 2.44. The van der Waals surface area contributed by atoms with E-state index in [9.17, 15) is 24.3 Å². The molecule has 2 aromatic heterocycles. The molecule has 16 nitrogen and oxygen atoms in total. The largest absolute Gasteiger partial charge is 0.488 e. The van der Waals surface area contributed by atoms with Gasteiger partial charge in [0.15, 0.2) is 0 Å². The molecule has 3 aromatic carbocycles. The van der Waals surface area contributed by atoms with Crippen molar-refractivity contribution >= 4 is 45.8 Å². The molecule has 5 aromatic rings. The lowest BCUT2D eigenvalue weighted by molar-refractivity contribution is -0.139. The Labute approximate surface area is 373 Å². The number of benzene rings is 3. The van der Waals surface area contributed by atoms with E-state index in [2.05, 4.69) is 52.5 Å². The summed E-state index contributed by atoms with van der Waals surface area (Å²) in [6.45, 7) is 11.8. The number of imidazole rings is 2. The first-order valence-corrected chi connectivity index (χ1v) is 22.4. The van der Waals surface area contributed by atoms with Crippen LogP contribution in [0.4, 0.5) is 9.59 Å². The Hall–Kier alpha value is -6.16. The Morgan fingerprint density at radius 2 is 1.69 bits per heavy atom. The normalized spacial score (nSPS) is 21.2. The molecule has 5 heterocycles. The van der Waals surface area contributed by atoms with Crippen molar-refractivity contribution in [2.24, 2.45) is 23.7 Å². The zero-order chi connectivity index (χ0) is 45.6. The van der Waals surface area contributed by atoms with Crippen molar-refractivity contribution in [2.75, 3.05) is 41.0 Å². The molecular weight excluding hydrogens is 817 g/mol. The number of nitrogens with one attached hydrogen (secondary N) is 3. The highest BCUT2D eigenvalue weighted by Gasteiger charge is 2.44. The number of carbonyl (C=O) groups excluding carboxylic acids is 3. The second-order valence-corrected chi connectivity index (χ2v) is 18.1. The van der Waals surface area contributed by atoms with E-state index in [1.165, 1.54) is 14.2 Å². The molecule has 340 valence electrons. The van der Waals surface area contributed by atoms with Crippen LogP contribution in [0.25, 0.3) is 44.2 Å². The summed E-state index contributed by atoms with van der Waals surface area (Å²) in [6, 6.07) is 12.4. The number of H-pyrrole nitrogens is 2. The van der Waals surface area contributed by atoms with E-state index in [1.807, 2.05) is 50.9 Å². The van der Waals surface area contributed by atoms with Gasteiger partial charge in [0.2, 0.25) is 11.8 Å². The monoisotopic (exact) mass is 876 g/mol. The highest BCUT2D eigenvalue weighted by atomic mass is 16.5. The zero-order valence-electron chi connectivity index (χ0n) is 37.9. The summed E-state index contributed by atoms with van der Waals surface area (Å²) in [4.78, 5) is 74.3. The topological polar surface area (TPSA) is 195 Å². The van der Waals surface area contributed by atoms with Crippen molar-refractivity contribution in [2.45, 2.75) is 91.1 Å². The SMILES string of the molecule is CC[C@@H](C)C(C(=O)N1C[C@@H](COC)C[C@H]1c1nc2c(ccc3cc4c(cc32)OCc2cc(-c3cnc([C@@H]5C[C@H](C)CN5C(=O)[C@@H](NC(=O)OC)[C@H](C)CC)[nH]3)ccc2-4)[nH]1)N(C)C(=O)O. The number of rotatable bonds is 13. The van der Waals surface area contributed by atoms with E-state index in [4.69, 9.17) is 24.2 Å². The molecule has 3 aliphatic heterocycles. The van der Waals surface area contributed by atoms with Crippen molar-refractivity contribution in [3.8, 4) is 28.1 Å². The van der Waals surface area contributed by atoms with Gasteiger partial charge in [-0.25, -0.2) is 19.6 Å². The van der Waals surface area contributed by atoms with Crippen LogP contribution in [0.1, 0.15) is 89.6 Å². The number of hydrogen-bond acceptors (Lipinski definition) is 9. The van der Waals surface area contributed by atoms with Crippen LogP contribution in [0.3, 0.4) is 0 Å². The fraction of sp³-hybridized carbons (Fsp3) is 0.500. The van der Waals surface area contributed by atoms with E-state index in [1.54, 1.807) is 12.0 Å². The van der Waals surface area contributed by atoms with E-state index in [0.29, 0.717) is 57.2 Å². The molecule has 0 saturated carbocycles. The van der Waals surface area contributed by atoms with Gasteiger partial charge in [-0.15, -0.1) is 0 Å². The number of fused-ring (bicyclic) bond motifs is 6. The summed E-state index contributed by atoms with van der Waals surface area (Å²) < 4.78 is 16.8. The number of hydrogen-bond donors (Lipinski definition) is 4. The Balaban J connectivity index is 1.06. The summed E-state index contributed by atoms with van der Waals surface area (Å²) in [6.07, 6.45) is 2.79. The van der Waals surface area contributed by atoms with Crippen LogP contribution in [-0.2, 0) is 25.7 Å². The number of ether oxygens (including phenoxy) is 3. The smallest absolute Gasteiger partial charge is 0.407 e. The first-order valence-electron chi connectivity index (χ1n) is 22.4. The van der Waals surface area contributed by atoms with E-state index >= 15 is 0 Å². The number of carbonyl (C=O) groups is 4. The van der Waals surface area contributed by atoms with Crippen LogP contribution in [0, 0.1) is 23.7 Å². The second-order valence-electron chi connectivity index (χ2n) is 18.1. The van der Waals surface area contributed by atoms with E-state index in [0.717, 1.165) is 66.8 Å². The maximum absolute atomic E-state index is 14.3. The van der Waals surface area contributed by atoms with Crippen molar-refractivity contribution in [3.05, 3.63) is 65.9 Å². The molecule has 2 saturated heterocycles.